The third kappa shape index (κ3) is 3.06. The summed E-state index contributed by atoms with van der Waals surface area (Å²) < 4.78 is 0. The quantitative estimate of drug-likeness (QED) is 0.867. The average Bonchev–Trinajstić information content (AvgIpc) is 2.81. The first kappa shape index (κ1) is 12.1. The number of rotatable bonds is 4. The first-order valence-electron chi connectivity index (χ1n) is 6.24. The Labute approximate surface area is 103 Å². The van der Waals surface area contributed by atoms with E-state index in [-0.39, 0.29) is 0 Å². The molecule has 1 saturated heterocycles. The number of nitrogens with zero attached hydrogens (tertiary/aromatic N) is 1. The van der Waals surface area contributed by atoms with Gasteiger partial charge in [0.25, 0.3) is 0 Å². The second kappa shape index (κ2) is 5.80. The molecule has 0 amide bonds. The minimum absolute atomic E-state index is 0.496. The number of hydrogen-bond acceptors (Lipinski definition) is 3. The van der Waals surface area contributed by atoms with Crippen LogP contribution < -0.4 is 5.32 Å². The van der Waals surface area contributed by atoms with Crippen LogP contribution in [0.3, 0.4) is 0 Å². The smallest absolute Gasteiger partial charge is 0.0386 e. The lowest BCUT2D eigenvalue weighted by Crippen LogP contribution is -2.43. The van der Waals surface area contributed by atoms with Gasteiger partial charge in [-0.2, -0.15) is 0 Å². The lowest BCUT2D eigenvalue weighted by molar-refractivity contribution is 0.179. The van der Waals surface area contributed by atoms with E-state index in [1.165, 1.54) is 30.7 Å². The van der Waals surface area contributed by atoms with Gasteiger partial charge in [-0.25, -0.2) is 0 Å². The molecule has 1 aromatic rings. The molecule has 16 heavy (non-hydrogen) atoms. The third-order valence-corrected chi connectivity index (χ3v) is 4.61. The van der Waals surface area contributed by atoms with Crippen molar-refractivity contribution in [1.82, 2.24) is 10.2 Å². The van der Waals surface area contributed by atoms with Gasteiger partial charge in [-0.05, 0) is 44.8 Å². The van der Waals surface area contributed by atoms with Crippen LogP contribution in [0.15, 0.2) is 17.5 Å². The average molecular weight is 238 g/mol. The Balaban J connectivity index is 1.78. The number of likely N-dealkylation sites (N-methyl/N-ethyl adjacent to an activating group) is 1. The van der Waals surface area contributed by atoms with Crippen LogP contribution in [-0.4, -0.2) is 31.1 Å². The standard InChI is InChI=1S/C13H22N2S/c1-11(13-7-5-9-16-13)14-10-12-6-3-4-8-15(12)2/h5,7,9,11-12,14H,3-4,6,8,10H2,1-2H3/t11-,12?/m0/s1. The second-order valence-corrected chi connectivity index (χ2v) is 5.75. The van der Waals surface area contributed by atoms with Gasteiger partial charge in [0, 0.05) is 23.5 Å². The molecule has 1 aliphatic heterocycles. The Kier molecular flexibility index (Phi) is 4.38. The second-order valence-electron chi connectivity index (χ2n) is 4.78. The molecule has 0 radical (unpaired) electrons. The molecular formula is C13H22N2S. The van der Waals surface area contributed by atoms with E-state index in [0.29, 0.717) is 6.04 Å². The number of likely N-dealkylation sites (tertiary alicyclic amines) is 1. The summed E-state index contributed by atoms with van der Waals surface area (Å²) in [6.07, 6.45) is 4.11. The highest BCUT2D eigenvalue weighted by molar-refractivity contribution is 7.10. The molecule has 1 N–H and O–H groups in total. The summed E-state index contributed by atoms with van der Waals surface area (Å²) in [5.74, 6) is 0. The summed E-state index contributed by atoms with van der Waals surface area (Å²) in [5.41, 5.74) is 0. The summed E-state index contributed by atoms with van der Waals surface area (Å²) >= 11 is 1.84. The summed E-state index contributed by atoms with van der Waals surface area (Å²) in [6.45, 7) is 4.64. The van der Waals surface area contributed by atoms with Crippen molar-refractivity contribution < 1.29 is 0 Å². The molecule has 2 heterocycles. The predicted molar refractivity (Wildman–Crippen MR) is 71.0 cm³/mol. The minimum atomic E-state index is 0.496. The summed E-state index contributed by atoms with van der Waals surface area (Å²) in [6, 6.07) is 5.57. The number of hydrogen-bond donors (Lipinski definition) is 1. The Morgan fingerprint density at radius 2 is 2.44 bits per heavy atom. The lowest BCUT2D eigenvalue weighted by atomic mass is 10.0. The molecule has 2 nitrogen and oxygen atoms in total. The van der Waals surface area contributed by atoms with Crippen molar-refractivity contribution in [3.8, 4) is 0 Å². The van der Waals surface area contributed by atoms with Crippen LogP contribution in [0.25, 0.3) is 0 Å². The van der Waals surface area contributed by atoms with Crippen LogP contribution in [0.5, 0.6) is 0 Å². The van der Waals surface area contributed by atoms with E-state index in [4.69, 9.17) is 0 Å². The first-order chi connectivity index (χ1) is 7.77. The molecule has 2 atom stereocenters. The maximum Gasteiger partial charge on any atom is 0.0386 e. The first-order valence-corrected chi connectivity index (χ1v) is 7.12. The minimum Gasteiger partial charge on any atom is -0.308 e. The lowest BCUT2D eigenvalue weighted by Gasteiger charge is -2.33. The van der Waals surface area contributed by atoms with E-state index >= 15 is 0 Å². The van der Waals surface area contributed by atoms with E-state index in [1.54, 1.807) is 0 Å². The fourth-order valence-corrected chi connectivity index (χ4v) is 3.11. The predicted octanol–water partition coefficient (Wildman–Crippen LogP) is 2.88. The summed E-state index contributed by atoms with van der Waals surface area (Å²) in [5, 5.41) is 5.81. The van der Waals surface area contributed by atoms with Gasteiger partial charge in [-0.15, -0.1) is 11.3 Å². The Hall–Kier alpha value is -0.380. The molecule has 90 valence electrons. The van der Waals surface area contributed by atoms with Gasteiger partial charge >= 0.3 is 0 Å². The highest BCUT2D eigenvalue weighted by atomic mass is 32.1. The Morgan fingerprint density at radius 1 is 1.56 bits per heavy atom. The van der Waals surface area contributed by atoms with Crippen LogP contribution in [0.1, 0.15) is 37.1 Å². The molecule has 0 aliphatic carbocycles. The Morgan fingerprint density at radius 3 is 3.12 bits per heavy atom. The number of nitrogens with one attached hydrogen (secondary N) is 1. The van der Waals surface area contributed by atoms with Crippen LogP contribution in [0.4, 0.5) is 0 Å². The van der Waals surface area contributed by atoms with E-state index in [0.717, 1.165) is 12.6 Å². The van der Waals surface area contributed by atoms with Crippen LogP contribution >= 0.6 is 11.3 Å². The normalized spacial score (nSPS) is 24.5. The van der Waals surface area contributed by atoms with Gasteiger partial charge in [0.15, 0.2) is 0 Å². The highest BCUT2D eigenvalue weighted by Gasteiger charge is 2.19. The van der Waals surface area contributed by atoms with Crippen molar-refractivity contribution in [3.63, 3.8) is 0 Å². The maximum absolute atomic E-state index is 3.65. The summed E-state index contributed by atoms with van der Waals surface area (Å²) in [7, 11) is 2.25. The zero-order valence-electron chi connectivity index (χ0n) is 10.3. The molecule has 1 aliphatic rings. The maximum atomic E-state index is 3.65. The van der Waals surface area contributed by atoms with Gasteiger partial charge < -0.3 is 10.2 Å². The largest absolute Gasteiger partial charge is 0.308 e. The zero-order chi connectivity index (χ0) is 11.4. The number of piperidine rings is 1. The molecule has 0 aromatic carbocycles. The fourth-order valence-electron chi connectivity index (χ4n) is 2.35. The molecule has 3 heteroatoms. The van der Waals surface area contributed by atoms with Crippen molar-refractivity contribution in [2.24, 2.45) is 0 Å². The highest BCUT2D eigenvalue weighted by Crippen LogP contribution is 2.19. The van der Waals surface area contributed by atoms with E-state index in [2.05, 4.69) is 41.7 Å². The SMILES string of the molecule is C[C@H](NCC1CCCCN1C)c1cccs1. The molecule has 1 aromatic heterocycles. The molecule has 0 saturated carbocycles. The van der Waals surface area contributed by atoms with Gasteiger partial charge in [-0.3, -0.25) is 0 Å². The molecule has 1 fully saturated rings. The zero-order valence-corrected chi connectivity index (χ0v) is 11.1. The fraction of sp³-hybridized carbons (Fsp3) is 0.692. The van der Waals surface area contributed by atoms with Gasteiger partial charge in [0.1, 0.15) is 0 Å². The van der Waals surface area contributed by atoms with E-state index in [9.17, 15) is 0 Å². The molecular weight excluding hydrogens is 216 g/mol. The van der Waals surface area contributed by atoms with E-state index < -0.39 is 0 Å². The van der Waals surface area contributed by atoms with Crippen molar-refractivity contribution in [3.05, 3.63) is 22.4 Å². The topological polar surface area (TPSA) is 15.3 Å². The molecule has 0 bridgehead atoms. The summed E-state index contributed by atoms with van der Waals surface area (Å²) in [4.78, 5) is 3.94. The van der Waals surface area contributed by atoms with Gasteiger partial charge in [0.05, 0.1) is 0 Å². The van der Waals surface area contributed by atoms with Crippen molar-refractivity contribution in [2.75, 3.05) is 20.1 Å². The van der Waals surface area contributed by atoms with Crippen LogP contribution in [0.2, 0.25) is 0 Å². The van der Waals surface area contributed by atoms with E-state index in [1.807, 2.05) is 11.3 Å². The number of thiophene rings is 1. The van der Waals surface area contributed by atoms with Crippen molar-refractivity contribution in [2.45, 2.75) is 38.3 Å². The van der Waals surface area contributed by atoms with Gasteiger partial charge in [-0.1, -0.05) is 12.5 Å². The molecule has 2 rings (SSSR count). The van der Waals surface area contributed by atoms with Crippen molar-refractivity contribution in [1.29, 1.82) is 0 Å². The van der Waals surface area contributed by atoms with Crippen LogP contribution in [0, 0.1) is 0 Å². The van der Waals surface area contributed by atoms with Crippen LogP contribution in [-0.2, 0) is 0 Å². The van der Waals surface area contributed by atoms with Gasteiger partial charge in [0.2, 0.25) is 0 Å². The van der Waals surface area contributed by atoms with Crippen molar-refractivity contribution >= 4 is 11.3 Å². The monoisotopic (exact) mass is 238 g/mol. The molecule has 0 spiro atoms. The Bertz CT molecular complexity index is 297. The molecule has 1 unspecified atom stereocenters. The third-order valence-electron chi connectivity index (χ3n) is 3.55.